The van der Waals surface area contributed by atoms with Gasteiger partial charge in [-0.15, -0.1) is 0 Å². The Morgan fingerprint density at radius 3 is 1.33 bits per heavy atom. The molecule has 3 unspecified atom stereocenters. The zero-order valence-electron chi connectivity index (χ0n) is 40.5. The number of nitrogens with one attached hydrogen (secondary N) is 1. The summed E-state index contributed by atoms with van der Waals surface area (Å²) < 4.78 is 5.93. The lowest BCUT2D eigenvalue weighted by molar-refractivity contribution is -0.151. The molecule has 6 heteroatoms. The maximum absolute atomic E-state index is 13.2. The van der Waals surface area contributed by atoms with Gasteiger partial charge in [-0.3, -0.25) is 9.59 Å². The Morgan fingerprint density at radius 1 is 0.492 bits per heavy atom. The SMILES string of the molecule is CC/C=C/C/C=C/C/C=C/C/C=C/CCCCCC(=O)OC(CCCCCCCCCCCCCCCCCC)CC(=O)NC(CO)C(O)CCCCCCCCCCCC. The fraction of sp³-hybridized carbons (Fsp3) is 0.818. The molecule has 6 nitrogen and oxygen atoms in total. The molecule has 0 rings (SSSR count). The van der Waals surface area contributed by atoms with Crippen LogP contribution in [-0.4, -0.2) is 46.9 Å². The number of aliphatic hydroxyl groups excluding tert-OH is 2. The van der Waals surface area contributed by atoms with Crippen molar-refractivity contribution in [1.29, 1.82) is 0 Å². The first-order valence-corrected chi connectivity index (χ1v) is 26.4. The zero-order valence-corrected chi connectivity index (χ0v) is 40.5. The summed E-state index contributed by atoms with van der Waals surface area (Å²) in [5, 5.41) is 23.7. The molecule has 3 atom stereocenters. The molecule has 61 heavy (non-hydrogen) atoms. The summed E-state index contributed by atoms with van der Waals surface area (Å²) in [6.45, 7) is 6.37. The first kappa shape index (κ1) is 58.8. The Balaban J connectivity index is 4.61. The van der Waals surface area contributed by atoms with E-state index in [9.17, 15) is 19.8 Å². The third-order valence-electron chi connectivity index (χ3n) is 11.9. The minimum Gasteiger partial charge on any atom is -0.462 e. The average Bonchev–Trinajstić information content (AvgIpc) is 3.25. The molecule has 0 aromatic carbocycles. The molecule has 356 valence electrons. The highest BCUT2D eigenvalue weighted by molar-refractivity contribution is 5.77. The lowest BCUT2D eigenvalue weighted by atomic mass is 10.0. The lowest BCUT2D eigenvalue weighted by Gasteiger charge is -2.24. The summed E-state index contributed by atoms with van der Waals surface area (Å²) in [5.41, 5.74) is 0. The topological polar surface area (TPSA) is 95.9 Å². The van der Waals surface area contributed by atoms with Crippen LogP contribution in [0, 0.1) is 0 Å². The normalized spacial score (nSPS) is 13.6. The highest BCUT2D eigenvalue weighted by Gasteiger charge is 2.24. The highest BCUT2D eigenvalue weighted by atomic mass is 16.5. The smallest absolute Gasteiger partial charge is 0.306 e. The van der Waals surface area contributed by atoms with Gasteiger partial charge in [0.15, 0.2) is 0 Å². The van der Waals surface area contributed by atoms with Gasteiger partial charge in [0.05, 0.1) is 25.2 Å². The number of rotatable bonds is 47. The van der Waals surface area contributed by atoms with Gasteiger partial charge >= 0.3 is 5.97 Å². The fourth-order valence-corrected chi connectivity index (χ4v) is 7.95. The predicted octanol–water partition coefficient (Wildman–Crippen LogP) is 15.8. The maximum Gasteiger partial charge on any atom is 0.306 e. The van der Waals surface area contributed by atoms with Gasteiger partial charge in [0.2, 0.25) is 5.91 Å². The standard InChI is InChI=1S/C55H101NO5/c1-4-7-10-13-16-19-22-24-26-28-30-32-34-37-40-43-46-51(49-54(59)56-52(50-57)53(58)47-44-41-38-35-21-18-15-12-9-6-3)61-55(60)48-45-42-39-36-33-31-29-27-25-23-20-17-14-11-8-5-2/h8,11,17,20,25,27,31,33,51-53,57-58H,4-7,9-10,12-16,18-19,21-24,26,28-30,32,34-50H2,1-3H3,(H,56,59)/b11-8+,20-17+,27-25+,33-31+. The molecular weight excluding hydrogens is 755 g/mol. The number of amides is 1. The van der Waals surface area contributed by atoms with Crippen LogP contribution in [0.2, 0.25) is 0 Å². The molecule has 0 radical (unpaired) electrons. The fourth-order valence-electron chi connectivity index (χ4n) is 7.95. The number of allylic oxidation sites excluding steroid dienone is 8. The molecule has 0 bridgehead atoms. The second-order valence-corrected chi connectivity index (χ2v) is 17.9. The van der Waals surface area contributed by atoms with Crippen molar-refractivity contribution >= 4 is 11.9 Å². The molecule has 0 aliphatic carbocycles. The third kappa shape index (κ3) is 44.2. The number of carbonyl (C=O) groups is 2. The summed E-state index contributed by atoms with van der Waals surface area (Å²) in [7, 11) is 0. The maximum atomic E-state index is 13.2. The molecule has 1 amide bonds. The molecule has 0 saturated heterocycles. The molecule has 0 aliphatic rings. The van der Waals surface area contributed by atoms with Crippen molar-refractivity contribution in [2.24, 2.45) is 0 Å². The minimum atomic E-state index is -0.791. The largest absolute Gasteiger partial charge is 0.462 e. The van der Waals surface area contributed by atoms with Crippen LogP contribution in [0.15, 0.2) is 48.6 Å². The Hall–Kier alpha value is -2.18. The van der Waals surface area contributed by atoms with Crippen LogP contribution in [0.4, 0.5) is 0 Å². The number of esters is 1. The summed E-state index contributed by atoms with van der Waals surface area (Å²) >= 11 is 0. The predicted molar refractivity (Wildman–Crippen MR) is 264 cm³/mol. The van der Waals surface area contributed by atoms with E-state index in [0.717, 1.165) is 83.5 Å². The van der Waals surface area contributed by atoms with Crippen LogP contribution in [0.5, 0.6) is 0 Å². The van der Waals surface area contributed by atoms with Crippen LogP contribution in [0.3, 0.4) is 0 Å². The van der Waals surface area contributed by atoms with Crippen molar-refractivity contribution in [3.8, 4) is 0 Å². The zero-order chi connectivity index (χ0) is 44.5. The van der Waals surface area contributed by atoms with Gasteiger partial charge in [-0.2, -0.15) is 0 Å². The first-order valence-electron chi connectivity index (χ1n) is 26.4. The number of hydrogen-bond donors (Lipinski definition) is 3. The van der Waals surface area contributed by atoms with E-state index in [1.807, 2.05) is 0 Å². The van der Waals surface area contributed by atoms with Crippen molar-refractivity contribution in [3.05, 3.63) is 48.6 Å². The molecular formula is C55H101NO5. The van der Waals surface area contributed by atoms with Gasteiger partial charge in [0.1, 0.15) is 6.10 Å². The molecule has 0 aliphatic heterocycles. The summed E-state index contributed by atoms with van der Waals surface area (Å²) in [4.78, 5) is 26.1. The van der Waals surface area contributed by atoms with Crippen LogP contribution >= 0.6 is 0 Å². The van der Waals surface area contributed by atoms with E-state index < -0.39 is 18.2 Å². The van der Waals surface area contributed by atoms with E-state index >= 15 is 0 Å². The first-order chi connectivity index (χ1) is 30.0. The van der Waals surface area contributed by atoms with E-state index in [1.54, 1.807) is 0 Å². The van der Waals surface area contributed by atoms with Gasteiger partial charge in [0.25, 0.3) is 0 Å². The summed E-state index contributed by atoms with van der Waals surface area (Å²) in [6, 6.07) is -0.705. The van der Waals surface area contributed by atoms with Gasteiger partial charge in [-0.25, -0.2) is 0 Å². The van der Waals surface area contributed by atoms with Gasteiger partial charge < -0.3 is 20.3 Å². The van der Waals surface area contributed by atoms with E-state index in [4.69, 9.17) is 4.74 Å². The number of hydrogen-bond acceptors (Lipinski definition) is 5. The molecule has 3 N–H and O–H groups in total. The molecule has 0 fully saturated rings. The summed E-state index contributed by atoms with van der Waals surface area (Å²) in [5.74, 6) is -0.501. The number of carbonyl (C=O) groups excluding carboxylic acids is 2. The van der Waals surface area contributed by atoms with Gasteiger partial charge in [0, 0.05) is 6.42 Å². The minimum absolute atomic E-state index is 0.0672. The molecule has 0 heterocycles. The Labute approximate surface area is 378 Å². The second kappa shape index (κ2) is 48.8. The molecule has 0 saturated carbocycles. The monoisotopic (exact) mass is 856 g/mol. The highest BCUT2D eigenvalue weighted by Crippen LogP contribution is 2.18. The van der Waals surface area contributed by atoms with Crippen molar-refractivity contribution < 1.29 is 24.5 Å². The summed E-state index contributed by atoms with van der Waals surface area (Å²) in [6.07, 6.45) is 58.9. The third-order valence-corrected chi connectivity index (χ3v) is 11.9. The second-order valence-electron chi connectivity index (χ2n) is 17.9. The lowest BCUT2D eigenvalue weighted by Crippen LogP contribution is -2.46. The van der Waals surface area contributed by atoms with Crippen LogP contribution in [-0.2, 0) is 14.3 Å². The Morgan fingerprint density at radius 2 is 0.885 bits per heavy atom. The van der Waals surface area contributed by atoms with E-state index in [2.05, 4.69) is 74.7 Å². The number of ether oxygens (including phenoxy) is 1. The van der Waals surface area contributed by atoms with Crippen molar-refractivity contribution in [3.63, 3.8) is 0 Å². The molecule has 0 spiro atoms. The van der Waals surface area contributed by atoms with E-state index in [-0.39, 0.29) is 24.9 Å². The average molecular weight is 856 g/mol. The number of aliphatic hydroxyl groups is 2. The van der Waals surface area contributed by atoms with Gasteiger partial charge in [-0.05, 0) is 64.2 Å². The molecule has 0 aromatic heterocycles. The van der Waals surface area contributed by atoms with E-state index in [0.29, 0.717) is 19.3 Å². The van der Waals surface area contributed by atoms with Gasteiger partial charge in [-0.1, -0.05) is 236 Å². The Bertz CT molecular complexity index is 1050. The Kier molecular flexibility index (Phi) is 47.1. The van der Waals surface area contributed by atoms with Crippen LogP contribution < -0.4 is 5.32 Å². The van der Waals surface area contributed by atoms with E-state index in [1.165, 1.54) is 135 Å². The van der Waals surface area contributed by atoms with Crippen molar-refractivity contribution in [2.45, 2.75) is 283 Å². The molecule has 0 aromatic rings. The van der Waals surface area contributed by atoms with Crippen molar-refractivity contribution in [1.82, 2.24) is 5.32 Å². The number of unbranched alkanes of at least 4 members (excludes halogenated alkanes) is 27. The van der Waals surface area contributed by atoms with Crippen molar-refractivity contribution in [2.75, 3.05) is 6.61 Å². The van der Waals surface area contributed by atoms with Crippen LogP contribution in [0.25, 0.3) is 0 Å². The quantitative estimate of drug-likeness (QED) is 0.0322. The van der Waals surface area contributed by atoms with Crippen LogP contribution in [0.1, 0.15) is 265 Å².